The second-order valence-electron chi connectivity index (χ2n) is 13.9. The first-order chi connectivity index (χ1) is 19.8. The minimum Gasteiger partial charge on any atom is -0.393 e. The lowest BCUT2D eigenvalue weighted by molar-refractivity contribution is -0.173. The van der Waals surface area contributed by atoms with Crippen LogP contribution in [0.2, 0.25) is 24.7 Å². The first-order valence-corrected chi connectivity index (χ1v) is 22.7. The Morgan fingerprint density at radius 3 is 1.37 bits per heavy atom. The standard InChI is InChI=1S/C29H54O9Si3/c1-30-40(31-2,14-11-21-6-8-26-28(18-21)35-26)37-39(5,13-10-23-16-24-20-25(17-23)34-24)38-41(32-3,33-4)15-12-22-7-9-27-29(19-22)36-27/h21-29H,6-20H2,1-5H3. The Labute approximate surface area is 250 Å². The Balaban J connectivity index is 1.13. The van der Waals surface area contributed by atoms with Crippen LogP contribution < -0.4 is 0 Å². The first kappa shape index (κ1) is 31.3. The molecule has 7 aliphatic rings. The van der Waals surface area contributed by atoms with Crippen molar-refractivity contribution in [3.05, 3.63) is 0 Å². The van der Waals surface area contributed by atoms with Crippen molar-refractivity contribution in [3.8, 4) is 0 Å². The molecular weight excluding hydrogens is 577 g/mol. The maximum Gasteiger partial charge on any atom is 0.491 e. The molecule has 0 radical (unpaired) electrons. The summed E-state index contributed by atoms with van der Waals surface area (Å²) in [5, 5.41) is 0. The molecule has 41 heavy (non-hydrogen) atoms. The van der Waals surface area contributed by atoms with Gasteiger partial charge in [-0.25, -0.2) is 0 Å². The van der Waals surface area contributed by atoms with E-state index in [9.17, 15) is 0 Å². The van der Waals surface area contributed by atoms with Gasteiger partial charge in [0.15, 0.2) is 0 Å². The van der Waals surface area contributed by atoms with Gasteiger partial charge >= 0.3 is 26.2 Å². The van der Waals surface area contributed by atoms with Gasteiger partial charge in [-0.05, 0) is 107 Å². The summed E-state index contributed by atoms with van der Waals surface area (Å²) in [6.45, 7) is 2.21. The zero-order valence-electron chi connectivity index (χ0n) is 26.0. The molecule has 4 saturated heterocycles. The number of epoxide rings is 2. The van der Waals surface area contributed by atoms with Crippen LogP contribution in [0.15, 0.2) is 0 Å². The van der Waals surface area contributed by atoms with Gasteiger partial charge in [0.2, 0.25) is 0 Å². The summed E-state index contributed by atoms with van der Waals surface area (Å²) >= 11 is 0. The van der Waals surface area contributed by atoms with Gasteiger partial charge in [-0.2, -0.15) is 0 Å². The molecule has 0 spiro atoms. The van der Waals surface area contributed by atoms with E-state index >= 15 is 0 Å². The molecule has 8 atom stereocenters. The van der Waals surface area contributed by atoms with Gasteiger partial charge in [0.05, 0.1) is 36.6 Å². The Kier molecular flexibility index (Phi) is 9.88. The lowest BCUT2D eigenvalue weighted by Gasteiger charge is -2.46. The van der Waals surface area contributed by atoms with E-state index in [0.717, 1.165) is 63.1 Å². The number of hydrogen-bond acceptors (Lipinski definition) is 9. The van der Waals surface area contributed by atoms with Crippen molar-refractivity contribution in [1.82, 2.24) is 0 Å². The van der Waals surface area contributed by atoms with Crippen LogP contribution in [0.3, 0.4) is 0 Å². The molecule has 3 aliphatic carbocycles. The highest BCUT2D eigenvalue weighted by molar-refractivity contribution is 6.83. The third kappa shape index (κ3) is 7.58. The molecule has 0 aromatic rings. The zero-order valence-corrected chi connectivity index (χ0v) is 29.0. The van der Waals surface area contributed by atoms with Crippen LogP contribution in [0.1, 0.15) is 77.0 Å². The predicted octanol–water partition coefficient (Wildman–Crippen LogP) is 5.43. The van der Waals surface area contributed by atoms with Crippen LogP contribution in [-0.4, -0.2) is 91.2 Å². The van der Waals surface area contributed by atoms with Gasteiger partial charge in [0, 0.05) is 40.5 Å². The van der Waals surface area contributed by atoms with Crippen LogP contribution >= 0.6 is 0 Å². The van der Waals surface area contributed by atoms with E-state index in [-0.39, 0.29) is 0 Å². The van der Waals surface area contributed by atoms with Crippen LogP contribution in [0.4, 0.5) is 0 Å². The van der Waals surface area contributed by atoms with Crippen LogP contribution in [-0.2, 0) is 40.1 Å². The summed E-state index contributed by atoms with van der Waals surface area (Å²) in [5.74, 6) is 1.93. The van der Waals surface area contributed by atoms with Crippen molar-refractivity contribution in [1.29, 1.82) is 0 Å². The molecule has 0 aromatic carbocycles. The summed E-state index contributed by atoms with van der Waals surface area (Å²) in [6, 6.07) is 2.48. The van der Waals surface area contributed by atoms with E-state index < -0.39 is 26.2 Å². The maximum absolute atomic E-state index is 7.16. The normalized spacial score (nSPS) is 39.3. The molecule has 0 aromatic heterocycles. The smallest absolute Gasteiger partial charge is 0.393 e. The monoisotopic (exact) mass is 630 g/mol. The Morgan fingerprint density at radius 2 is 0.951 bits per heavy atom. The quantitative estimate of drug-likeness (QED) is 0.154. The zero-order chi connectivity index (χ0) is 28.7. The van der Waals surface area contributed by atoms with Crippen LogP contribution in [0.25, 0.3) is 0 Å². The molecule has 12 heteroatoms. The van der Waals surface area contributed by atoms with E-state index in [2.05, 4.69) is 6.55 Å². The second kappa shape index (κ2) is 13.0. The lowest BCUT2D eigenvalue weighted by atomic mass is 9.79. The topological polar surface area (TPSA) is 89.7 Å². The number of rotatable bonds is 17. The lowest BCUT2D eigenvalue weighted by Crippen LogP contribution is -2.61. The third-order valence-electron chi connectivity index (χ3n) is 11.0. The van der Waals surface area contributed by atoms with Crippen molar-refractivity contribution in [2.45, 2.75) is 138 Å². The van der Waals surface area contributed by atoms with Gasteiger partial charge in [0.1, 0.15) is 0 Å². The molecule has 0 amide bonds. The summed E-state index contributed by atoms with van der Waals surface area (Å²) in [4.78, 5) is 0. The molecule has 9 nitrogen and oxygen atoms in total. The highest BCUT2D eigenvalue weighted by atomic mass is 28.5. The van der Waals surface area contributed by atoms with Gasteiger partial charge in [0.25, 0.3) is 0 Å². The van der Waals surface area contributed by atoms with Crippen molar-refractivity contribution in [3.63, 3.8) is 0 Å². The van der Waals surface area contributed by atoms with Crippen molar-refractivity contribution in [2.24, 2.45) is 17.8 Å². The molecule has 4 aliphatic heterocycles. The molecule has 236 valence electrons. The highest BCUT2D eigenvalue weighted by Gasteiger charge is 2.55. The summed E-state index contributed by atoms with van der Waals surface area (Å²) in [6.07, 6.45) is 16.6. The van der Waals surface area contributed by atoms with E-state index in [1.54, 1.807) is 28.4 Å². The van der Waals surface area contributed by atoms with Gasteiger partial charge in [-0.3, -0.25) is 0 Å². The van der Waals surface area contributed by atoms with Crippen molar-refractivity contribution < 1.29 is 40.1 Å². The fourth-order valence-electron chi connectivity index (χ4n) is 8.28. The Hall–Kier alpha value is 0.291. The minimum absolute atomic E-state index is 0.447. The molecule has 0 N–H and O–H groups in total. The maximum atomic E-state index is 7.16. The highest BCUT2D eigenvalue weighted by Crippen LogP contribution is 2.45. The molecule has 4 heterocycles. The SMILES string of the molecule is CO[Si](CCC1CCC2OC2C1)(OC)O[Si](C)(CCC1CC2CC(C1)O2)O[Si](CCC1CCC2OC2C1)(OC)OC. The van der Waals surface area contributed by atoms with Crippen LogP contribution in [0.5, 0.6) is 0 Å². The predicted molar refractivity (Wildman–Crippen MR) is 160 cm³/mol. The Bertz CT molecular complexity index is 808. The van der Waals surface area contributed by atoms with Gasteiger partial charge in [-0.15, -0.1) is 0 Å². The molecule has 7 fully saturated rings. The second-order valence-corrected chi connectivity index (χ2v) is 23.6. The molecule has 3 saturated carbocycles. The molecule has 2 bridgehead atoms. The number of hydrogen-bond donors (Lipinski definition) is 0. The average Bonchev–Trinajstić information content (AvgIpc) is 3.91. The van der Waals surface area contributed by atoms with Crippen molar-refractivity contribution >= 4 is 26.2 Å². The largest absolute Gasteiger partial charge is 0.491 e. The fourth-order valence-corrected chi connectivity index (χ4v) is 20.7. The summed E-state index contributed by atoms with van der Waals surface area (Å²) in [5.41, 5.74) is 0. The minimum atomic E-state index is -2.98. The summed E-state index contributed by atoms with van der Waals surface area (Å²) in [7, 11) is -1.79. The molecular formula is C29H54O9Si3. The molecule has 7 rings (SSSR count). The summed E-state index contributed by atoms with van der Waals surface area (Å²) < 4.78 is 56.6. The van der Waals surface area contributed by atoms with E-state index in [1.165, 1.54) is 32.1 Å². The Morgan fingerprint density at radius 1 is 0.512 bits per heavy atom. The number of ether oxygens (including phenoxy) is 3. The van der Waals surface area contributed by atoms with Gasteiger partial charge in [-0.1, -0.05) is 0 Å². The molecule has 8 unspecified atom stereocenters. The number of fused-ring (bicyclic) bond motifs is 4. The van der Waals surface area contributed by atoms with E-state index in [4.69, 9.17) is 40.1 Å². The van der Waals surface area contributed by atoms with E-state index in [0.29, 0.717) is 54.4 Å². The van der Waals surface area contributed by atoms with Gasteiger partial charge < -0.3 is 40.1 Å². The van der Waals surface area contributed by atoms with Crippen LogP contribution in [0, 0.1) is 17.8 Å². The third-order valence-corrected chi connectivity index (χ3v) is 22.5. The average molecular weight is 631 g/mol. The first-order valence-electron chi connectivity index (χ1n) is 16.3. The van der Waals surface area contributed by atoms with Crippen molar-refractivity contribution in [2.75, 3.05) is 28.4 Å². The van der Waals surface area contributed by atoms with E-state index in [1.807, 2.05) is 0 Å². The fraction of sp³-hybridized carbons (Fsp3) is 1.00.